The van der Waals surface area contributed by atoms with Gasteiger partial charge in [-0.1, -0.05) is 0 Å². The van der Waals surface area contributed by atoms with E-state index in [-0.39, 0.29) is 18.3 Å². The number of nitrogens with one attached hydrogen (secondary N) is 1. The van der Waals surface area contributed by atoms with Crippen LogP contribution >= 0.6 is 0 Å². The number of nitrogens with two attached hydrogens (primary N) is 1. The van der Waals surface area contributed by atoms with Crippen molar-refractivity contribution in [2.75, 3.05) is 24.7 Å². The number of nitrogens with zero attached hydrogens (tertiary/aromatic N) is 5. The number of alkyl halides is 1. The average molecular weight is 491 g/mol. The highest BCUT2D eigenvalue weighted by Gasteiger charge is 2.46. The molecular formula is C24H22FN7O4. The number of aromatic nitrogens is 5. The van der Waals surface area contributed by atoms with Crippen molar-refractivity contribution in [1.82, 2.24) is 24.5 Å². The molecule has 1 aliphatic heterocycles. The summed E-state index contributed by atoms with van der Waals surface area (Å²) in [5, 5.41) is 15.0. The minimum Gasteiger partial charge on any atom is -0.491 e. The van der Waals surface area contributed by atoms with Crippen LogP contribution in [-0.2, 0) is 4.74 Å². The van der Waals surface area contributed by atoms with Crippen LogP contribution in [0.15, 0.2) is 59.7 Å². The van der Waals surface area contributed by atoms with Crippen LogP contribution in [-0.4, -0.2) is 61.6 Å². The highest BCUT2D eigenvalue weighted by molar-refractivity contribution is 5.99. The first-order chi connectivity index (χ1) is 17.5. The van der Waals surface area contributed by atoms with Crippen LogP contribution in [0.25, 0.3) is 33.4 Å². The van der Waals surface area contributed by atoms with E-state index < -0.39 is 24.6 Å². The molecule has 1 fully saturated rings. The number of nitrogen functional groups attached to an aromatic ring is 1. The van der Waals surface area contributed by atoms with Gasteiger partial charge < -0.3 is 34.6 Å². The summed E-state index contributed by atoms with van der Waals surface area (Å²) in [6.07, 6.45) is 0.488. The molecule has 1 aromatic carbocycles. The molecule has 5 aromatic rings. The predicted octanol–water partition coefficient (Wildman–Crippen LogP) is 2.93. The van der Waals surface area contributed by atoms with Gasteiger partial charge in [0.25, 0.3) is 0 Å². The fourth-order valence-electron chi connectivity index (χ4n) is 4.39. The highest BCUT2D eigenvalue weighted by Crippen LogP contribution is 2.39. The van der Waals surface area contributed by atoms with E-state index in [0.717, 1.165) is 16.7 Å². The summed E-state index contributed by atoms with van der Waals surface area (Å²) >= 11 is 0. The van der Waals surface area contributed by atoms with Crippen LogP contribution < -0.4 is 15.8 Å². The lowest BCUT2D eigenvalue weighted by Crippen LogP contribution is -2.32. The monoisotopic (exact) mass is 491 g/mol. The number of halogens is 1. The maximum atomic E-state index is 15.3. The Morgan fingerprint density at radius 3 is 2.89 bits per heavy atom. The van der Waals surface area contributed by atoms with Crippen molar-refractivity contribution >= 4 is 33.6 Å². The second-order valence-electron chi connectivity index (χ2n) is 8.36. The van der Waals surface area contributed by atoms with Crippen molar-refractivity contribution in [1.29, 1.82) is 0 Å². The Kier molecular flexibility index (Phi) is 5.38. The number of aliphatic hydroxyl groups excluding tert-OH is 1. The second-order valence-corrected chi connectivity index (χ2v) is 8.36. The fraction of sp³-hybridized carbons (Fsp3) is 0.250. The van der Waals surface area contributed by atoms with Gasteiger partial charge in [-0.05, 0) is 24.3 Å². The van der Waals surface area contributed by atoms with Gasteiger partial charge in [0.2, 0.25) is 5.89 Å². The number of ether oxygens (including phenoxy) is 2. The molecule has 0 spiro atoms. The van der Waals surface area contributed by atoms with Gasteiger partial charge in [-0.3, -0.25) is 0 Å². The van der Waals surface area contributed by atoms with Gasteiger partial charge in [0.15, 0.2) is 12.4 Å². The van der Waals surface area contributed by atoms with E-state index in [4.69, 9.17) is 19.6 Å². The van der Waals surface area contributed by atoms with Gasteiger partial charge in [-0.15, -0.1) is 0 Å². The zero-order valence-electron chi connectivity index (χ0n) is 19.1. The molecule has 4 N–H and O–H groups in total. The van der Waals surface area contributed by atoms with Crippen LogP contribution in [0.3, 0.4) is 0 Å². The molecule has 1 aliphatic rings. The first kappa shape index (κ1) is 22.2. The summed E-state index contributed by atoms with van der Waals surface area (Å²) < 4.78 is 34.0. The summed E-state index contributed by atoms with van der Waals surface area (Å²) in [4.78, 5) is 17.0. The molecule has 0 bridgehead atoms. The van der Waals surface area contributed by atoms with Gasteiger partial charge in [0.1, 0.15) is 54.4 Å². The van der Waals surface area contributed by atoms with Crippen molar-refractivity contribution in [2.45, 2.75) is 24.6 Å². The standard InChI is InChI=1S/C24H22FN7O4/c1-27-17-5-3-12-2-4-13(8-15(12)31-17)35-10-16-20(33)19(25)24(36-16)32-9-14(23-28-6-7-34-23)18-21(26)29-11-30-22(18)32/h2-9,11,16,19-20,24,33H,10H2,1H3,(H,27,31)(H2,26,29,30)/t16-,19+,20-,24-/m1/s1. The zero-order valence-corrected chi connectivity index (χ0v) is 19.1. The molecule has 0 saturated carbocycles. The van der Waals surface area contributed by atoms with E-state index >= 15 is 4.39 Å². The molecule has 0 amide bonds. The van der Waals surface area contributed by atoms with E-state index in [1.807, 2.05) is 18.2 Å². The normalized spacial score (nSPS) is 21.9. The number of benzene rings is 1. The molecular weight excluding hydrogens is 469 g/mol. The topological polar surface area (TPSA) is 146 Å². The molecule has 36 heavy (non-hydrogen) atoms. The lowest BCUT2D eigenvalue weighted by atomic mass is 10.1. The van der Waals surface area contributed by atoms with Crippen LogP contribution in [0.1, 0.15) is 6.23 Å². The van der Waals surface area contributed by atoms with E-state index in [0.29, 0.717) is 22.3 Å². The lowest BCUT2D eigenvalue weighted by Gasteiger charge is -2.17. The summed E-state index contributed by atoms with van der Waals surface area (Å²) in [6, 6.07) is 9.28. The van der Waals surface area contributed by atoms with E-state index in [2.05, 4.69) is 25.3 Å². The molecule has 184 valence electrons. The third kappa shape index (κ3) is 3.67. The van der Waals surface area contributed by atoms with E-state index in [1.54, 1.807) is 25.4 Å². The number of hydrogen-bond acceptors (Lipinski definition) is 10. The second kappa shape index (κ2) is 8.73. The van der Waals surface area contributed by atoms with Gasteiger partial charge in [-0.2, -0.15) is 0 Å². The Labute approximate surface area is 203 Å². The SMILES string of the molecule is CNc1ccc2ccc(OC[C@H]3O[C@@H](n4cc(-c5ncco5)c5c(N)ncnc54)[C@@H](F)[C@@H]3O)cc2n1. The molecule has 4 aromatic heterocycles. The average Bonchev–Trinajstić information content (AvgIpc) is 3.62. The molecule has 0 aliphatic carbocycles. The molecule has 5 heterocycles. The Morgan fingerprint density at radius 1 is 1.22 bits per heavy atom. The Hall–Kier alpha value is -4.29. The number of anilines is 2. The van der Waals surface area contributed by atoms with Gasteiger partial charge >= 0.3 is 0 Å². The molecule has 6 rings (SSSR count). The first-order valence-corrected chi connectivity index (χ1v) is 11.2. The predicted molar refractivity (Wildman–Crippen MR) is 129 cm³/mol. The third-order valence-electron chi connectivity index (χ3n) is 6.20. The molecule has 1 saturated heterocycles. The number of oxazole rings is 1. The van der Waals surface area contributed by atoms with Crippen molar-refractivity contribution in [3.8, 4) is 17.2 Å². The smallest absolute Gasteiger partial charge is 0.228 e. The van der Waals surface area contributed by atoms with Gasteiger partial charge in [0, 0.05) is 24.7 Å². The van der Waals surface area contributed by atoms with E-state index in [9.17, 15) is 5.11 Å². The number of fused-ring (bicyclic) bond motifs is 2. The number of pyridine rings is 1. The molecule has 0 unspecified atom stereocenters. The van der Waals surface area contributed by atoms with Crippen molar-refractivity contribution in [2.24, 2.45) is 0 Å². The van der Waals surface area contributed by atoms with Crippen LogP contribution in [0.2, 0.25) is 0 Å². The van der Waals surface area contributed by atoms with Crippen LogP contribution in [0, 0.1) is 0 Å². The maximum absolute atomic E-state index is 15.3. The Balaban J connectivity index is 1.26. The largest absolute Gasteiger partial charge is 0.491 e. The minimum atomic E-state index is -1.75. The molecule has 4 atom stereocenters. The third-order valence-corrected chi connectivity index (χ3v) is 6.20. The summed E-state index contributed by atoms with van der Waals surface area (Å²) in [5.74, 6) is 1.72. The summed E-state index contributed by atoms with van der Waals surface area (Å²) in [6.45, 7) is -0.0712. The first-order valence-electron chi connectivity index (χ1n) is 11.2. The number of aliphatic hydroxyl groups is 1. The van der Waals surface area contributed by atoms with Crippen molar-refractivity contribution < 1.29 is 23.4 Å². The molecule has 12 heteroatoms. The quantitative estimate of drug-likeness (QED) is 0.324. The Bertz CT molecular complexity index is 1540. The molecule has 11 nitrogen and oxygen atoms in total. The maximum Gasteiger partial charge on any atom is 0.228 e. The van der Waals surface area contributed by atoms with Gasteiger partial charge in [-0.25, -0.2) is 24.3 Å². The van der Waals surface area contributed by atoms with Crippen molar-refractivity contribution in [3.05, 3.63) is 55.3 Å². The minimum absolute atomic E-state index is 0.0712. The fourth-order valence-corrected chi connectivity index (χ4v) is 4.39. The zero-order chi connectivity index (χ0) is 24.8. The van der Waals surface area contributed by atoms with Gasteiger partial charge in [0.05, 0.1) is 22.7 Å². The lowest BCUT2D eigenvalue weighted by molar-refractivity contribution is -0.0410. The van der Waals surface area contributed by atoms with Crippen LogP contribution in [0.4, 0.5) is 16.0 Å². The van der Waals surface area contributed by atoms with Crippen molar-refractivity contribution in [3.63, 3.8) is 0 Å². The number of hydrogen-bond donors (Lipinski definition) is 3. The van der Waals surface area contributed by atoms with E-state index in [1.165, 1.54) is 23.4 Å². The summed E-state index contributed by atoms with van der Waals surface area (Å²) in [7, 11) is 1.79. The summed E-state index contributed by atoms with van der Waals surface area (Å²) in [5.41, 5.74) is 7.65. The Morgan fingerprint density at radius 2 is 2.08 bits per heavy atom. The highest BCUT2D eigenvalue weighted by atomic mass is 19.1. The van der Waals surface area contributed by atoms with Crippen LogP contribution in [0.5, 0.6) is 5.75 Å². The molecule has 0 radical (unpaired) electrons. The number of rotatable bonds is 6.